The molecule has 0 bridgehead atoms. The number of aryl methyl sites for hydroxylation is 2. The van der Waals surface area contributed by atoms with Crippen molar-refractivity contribution in [1.29, 1.82) is 0 Å². The molecule has 3 aromatic rings. The number of nitrogens with zero attached hydrogens (tertiary/aromatic N) is 2. The van der Waals surface area contributed by atoms with Crippen LogP contribution in [0.3, 0.4) is 0 Å². The molecule has 140 valence electrons. The average Bonchev–Trinajstić information content (AvgIpc) is 2.99. The number of rotatable bonds is 3. The number of nitrogens with one attached hydrogen (secondary N) is 1. The highest BCUT2D eigenvalue weighted by Crippen LogP contribution is 2.36. The van der Waals surface area contributed by atoms with Gasteiger partial charge in [0, 0.05) is 37.2 Å². The Hall–Kier alpha value is -2.43. The zero-order chi connectivity index (χ0) is 18.8. The molecule has 0 amide bonds. The van der Waals surface area contributed by atoms with Gasteiger partial charge in [0.05, 0.1) is 0 Å². The molecule has 0 aliphatic carbocycles. The molecule has 1 unspecified atom stereocenters. The van der Waals surface area contributed by atoms with Crippen LogP contribution in [-0.2, 0) is 0 Å². The second kappa shape index (κ2) is 7.67. The number of hydrogen-bond donors (Lipinski definition) is 1. The van der Waals surface area contributed by atoms with E-state index in [0.717, 1.165) is 54.4 Å². The molecule has 2 aromatic carbocycles. The lowest BCUT2D eigenvalue weighted by Gasteiger charge is -2.13. The summed E-state index contributed by atoms with van der Waals surface area (Å²) in [6, 6.07) is 17.0. The van der Waals surface area contributed by atoms with E-state index in [0.29, 0.717) is 5.92 Å². The topological polar surface area (TPSA) is 41.3 Å². The van der Waals surface area contributed by atoms with Gasteiger partial charge < -0.3 is 4.42 Å². The number of hydrazine groups is 1. The summed E-state index contributed by atoms with van der Waals surface area (Å²) in [6.45, 7) is 6.15. The fraction of sp³-hybridized carbons (Fsp3) is 0.348. The van der Waals surface area contributed by atoms with Crippen molar-refractivity contribution in [3.8, 4) is 22.6 Å². The molecule has 4 rings (SSSR count). The van der Waals surface area contributed by atoms with Gasteiger partial charge >= 0.3 is 0 Å². The van der Waals surface area contributed by atoms with Gasteiger partial charge in [0.2, 0.25) is 0 Å². The van der Waals surface area contributed by atoms with Crippen molar-refractivity contribution in [3.05, 3.63) is 65.5 Å². The predicted molar refractivity (Wildman–Crippen MR) is 109 cm³/mol. The van der Waals surface area contributed by atoms with Gasteiger partial charge in [-0.15, -0.1) is 0 Å². The van der Waals surface area contributed by atoms with E-state index in [9.17, 15) is 0 Å². The van der Waals surface area contributed by atoms with E-state index in [4.69, 9.17) is 9.40 Å². The Morgan fingerprint density at radius 3 is 2.22 bits per heavy atom. The maximum Gasteiger partial charge on any atom is 0.198 e. The Kier molecular flexibility index (Phi) is 5.10. The molecule has 0 radical (unpaired) electrons. The maximum absolute atomic E-state index is 6.40. The van der Waals surface area contributed by atoms with E-state index >= 15 is 0 Å². The first-order valence-electron chi connectivity index (χ1n) is 9.69. The summed E-state index contributed by atoms with van der Waals surface area (Å²) in [6.07, 6.45) is 2.08. The van der Waals surface area contributed by atoms with Gasteiger partial charge in [0.15, 0.2) is 11.7 Å². The molecule has 1 atom stereocenters. The van der Waals surface area contributed by atoms with Gasteiger partial charge in [-0.25, -0.2) is 9.99 Å². The first kappa shape index (κ1) is 18.0. The highest BCUT2D eigenvalue weighted by molar-refractivity contribution is 5.77. The molecule has 0 saturated carbocycles. The fourth-order valence-electron chi connectivity index (χ4n) is 3.57. The van der Waals surface area contributed by atoms with E-state index in [1.54, 1.807) is 0 Å². The van der Waals surface area contributed by atoms with Gasteiger partial charge in [0.1, 0.15) is 5.69 Å². The van der Waals surface area contributed by atoms with Crippen LogP contribution in [-0.4, -0.2) is 30.1 Å². The van der Waals surface area contributed by atoms with Crippen molar-refractivity contribution >= 4 is 0 Å². The monoisotopic (exact) mass is 361 g/mol. The minimum absolute atomic E-state index is 0.339. The van der Waals surface area contributed by atoms with Crippen LogP contribution >= 0.6 is 0 Å². The van der Waals surface area contributed by atoms with Gasteiger partial charge in [-0.3, -0.25) is 5.43 Å². The molecular formula is C23H27N3O. The van der Waals surface area contributed by atoms with Gasteiger partial charge in [-0.05, 0) is 26.7 Å². The van der Waals surface area contributed by atoms with Gasteiger partial charge in [0.25, 0.3) is 0 Å². The highest BCUT2D eigenvalue weighted by atomic mass is 16.4. The predicted octanol–water partition coefficient (Wildman–Crippen LogP) is 4.94. The van der Waals surface area contributed by atoms with Crippen LogP contribution in [0, 0.1) is 13.8 Å². The molecular weight excluding hydrogens is 334 g/mol. The van der Waals surface area contributed by atoms with Crippen LogP contribution in [0.1, 0.15) is 35.8 Å². The fourth-order valence-corrected chi connectivity index (χ4v) is 3.57. The molecule has 1 fully saturated rings. The number of hydrogen-bond acceptors (Lipinski definition) is 4. The summed E-state index contributed by atoms with van der Waals surface area (Å²) in [5.41, 5.74) is 9.03. The second-order valence-corrected chi connectivity index (χ2v) is 7.57. The Bertz CT molecular complexity index is 833. The third-order valence-electron chi connectivity index (χ3n) is 5.32. The summed E-state index contributed by atoms with van der Waals surface area (Å²) in [4.78, 5) is 4.99. The number of oxazole rings is 1. The van der Waals surface area contributed by atoms with Crippen molar-refractivity contribution in [2.24, 2.45) is 0 Å². The molecule has 1 saturated heterocycles. The van der Waals surface area contributed by atoms with Crippen LogP contribution < -0.4 is 5.43 Å². The first-order chi connectivity index (χ1) is 13.1. The van der Waals surface area contributed by atoms with E-state index in [2.05, 4.69) is 79.9 Å². The third kappa shape index (κ3) is 3.97. The Labute approximate surface area is 161 Å². The van der Waals surface area contributed by atoms with Crippen LogP contribution in [0.25, 0.3) is 22.6 Å². The van der Waals surface area contributed by atoms with Crippen LogP contribution in [0.4, 0.5) is 0 Å². The lowest BCUT2D eigenvalue weighted by molar-refractivity contribution is 0.252. The lowest BCUT2D eigenvalue weighted by atomic mass is 10.0. The quantitative estimate of drug-likeness (QED) is 0.717. The summed E-state index contributed by atoms with van der Waals surface area (Å²) in [5, 5.41) is 2.16. The molecule has 4 heteroatoms. The van der Waals surface area contributed by atoms with Gasteiger partial charge in [-0.2, -0.15) is 0 Å². The zero-order valence-corrected chi connectivity index (χ0v) is 16.3. The van der Waals surface area contributed by atoms with E-state index < -0.39 is 0 Å². The molecule has 4 nitrogen and oxygen atoms in total. The zero-order valence-electron chi connectivity index (χ0n) is 16.3. The van der Waals surface area contributed by atoms with Crippen LogP contribution in [0.5, 0.6) is 0 Å². The SMILES string of the molecule is Cc1ccc(-c2nc(C3CCNN(C)CC3)oc2-c2ccc(C)cc2)cc1. The van der Waals surface area contributed by atoms with Crippen molar-refractivity contribution in [2.75, 3.05) is 20.1 Å². The first-order valence-corrected chi connectivity index (χ1v) is 9.69. The maximum atomic E-state index is 6.40. The highest BCUT2D eigenvalue weighted by Gasteiger charge is 2.24. The minimum atomic E-state index is 0.339. The molecule has 0 spiro atoms. The summed E-state index contributed by atoms with van der Waals surface area (Å²) in [7, 11) is 2.09. The standard InChI is InChI=1S/C23H27N3O/c1-16-4-8-18(9-5-16)21-22(19-10-6-17(2)7-11-19)27-23(25-21)20-12-14-24-26(3)15-13-20/h4-11,20,24H,12-15H2,1-3H3. The molecule has 1 aromatic heterocycles. The number of aromatic nitrogens is 1. The smallest absolute Gasteiger partial charge is 0.198 e. The summed E-state index contributed by atoms with van der Waals surface area (Å²) >= 11 is 0. The third-order valence-corrected chi connectivity index (χ3v) is 5.32. The molecule has 1 N–H and O–H groups in total. The Morgan fingerprint density at radius 1 is 0.926 bits per heavy atom. The lowest BCUT2D eigenvalue weighted by Crippen LogP contribution is -2.33. The van der Waals surface area contributed by atoms with Crippen LogP contribution in [0.2, 0.25) is 0 Å². The van der Waals surface area contributed by atoms with E-state index in [1.165, 1.54) is 11.1 Å². The minimum Gasteiger partial charge on any atom is -0.440 e. The molecule has 1 aliphatic rings. The summed E-state index contributed by atoms with van der Waals surface area (Å²) in [5.74, 6) is 2.07. The van der Waals surface area contributed by atoms with Crippen LogP contribution in [0.15, 0.2) is 52.9 Å². The van der Waals surface area contributed by atoms with Crippen molar-refractivity contribution in [3.63, 3.8) is 0 Å². The molecule has 2 heterocycles. The normalized spacial score (nSPS) is 18.4. The summed E-state index contributed by atoms with van der Waals surface area (Å²) < 4.78 is 6.40. The molecule has 27 heavy (non-hydrogen) atoms. The van der Waals surface area contributed by atoms with E-state index in [-0.39, 0.29) is 0 Å². The Balaban J connectivity index is 1.76. The second-order valence-electron chi connectivity index (χ2n) is 7.57. The van der Waals surface area contributed by atoms with Crippen molar-refractivity contribution in [1.82, 2.24) is 15.4 Å². The largest absolute Gasteiger partial charge is 0.440 e. The van der Waals surface area contributed by atoms with E-state index in [1.807, 2.05) is 0 Å². The number of benzene rings is 2. The van der Waals surface area contributed by atoms with Crippen molar-refractivity contribution < 1.29 is 4.42 Å². The molecule has 1 aliphatic heterocycles. The van der Waals surface area contributed by atoms with Gasteiger partial charge in [-0.1, -0.05) is 59.7 Å². The average molecular weight is 361 g/mol. The van der Waals surface area contributed by atoms with Crippen molar-refractivity contribution in [2.45, 2.75) is 32.6 Å². The Morgan fingerprint density at radius 2 is 1.56 bits per heavy atom.